The van der Waals surface area contributed by atoms with E-state index in [-0.39, 0.29) is 11.5 Å². The Morgan fingerprint density at radius 2 is 1.90 bits per heavy atom. The monoisotopic (exact) mass is 413 g/mol. The third kappa shape index (κ3) is 4.78. The average molecular weight is 413 g/mol. The molecule has 3 rings (SSSR count). The molecule has 0 aliphatic rings. The maximum Gasteiger partial charge on any atom is 0.262 e. The van der Waals surface area contributed by atoms with Crippen LogP contribution in [0.15, 0.2) is 58.5 Å². The lowest BCUT2D eigenvalue weighted by molar-refractivity contribution is -0.115. The zero-order chi connectivity index (χ0) is 20.8. The third-order valence-electron chi connectivity index (χ3n) is 4.36. The van der Waals surface area contributed by atoms with Gasteiger partial charge in [-0.15, -0.1) is 0 Å². The molecule has 2 aromatic carbocycles. The summed E-state index contributed by atoms with van der Waals surface area (Å²) >= 11 is 1.23. The minimum absolute atomic E-state index is 0.146. The van der Waals surface area contributed by atoms with Crippen molar-refractivity contribution >= 4 is 34.3 Å². The lowest BCUT2D eigenvalue weighted by Gasteiger charge is -2.17. The molecule has 0 spiro atoms. The molecule has 0 unspecified atom stereocenters. The van der Waals surface area contributed by atoms with Gasteiger partial charge in [-0.3, -0.25) is 14.2 Å². The van der Waals surface area contributed by atoms with Crippen molar-refractivity contribution < 1.29 is 14.3 Å². The van der Waals surface area contributed by atoms with E-state index in [0.29, 0.717) is 40.6 Å². The number of para-hydroxylation sites is 3. The number of ether oxygens (including phenoxy) is 2. The summed E-state index contributed by atoms with van der Waals surface area (Å²) in [6, 6.07) is 14.4. The molecule has 0 aliphatic heterocycles. The van der Waals surface area contributed by atoms with Gasteiger partial charge in [0.2, 0.25) is 5.91 Å². The number of carbonyl (C=O) groups excluding carboxylic acids is 1. The van der Waals surface area contributed by atoms with Crippen LogP contribution in [0.2, 0.25) is 0 Å². The molecular formula is C21H23N3O4S. The fraction of sp³-hybridized carbons (Fsp3) is 0.286. The predicted molar refractivity (Wildman–Crippen MR) is 115 cm³/mol. The number of nitrogens with zero attached hydrogens (tertiary/aromatic N) is 2. The van der Waals surface area contributed by atoms with Crippen molar-refractivity contribution in [1.29, 1.82) is 0 Å². The lowest BCUT2D eigenvalue weighted by Crippen LogP contribution is -2.28. The van der Waals surface area contributed by atoms with Gasteiger partial charge in [0.05, 0.1) is 42.1 Å². The summed E-state index contributed by atoms with van der Waals surface area (Å²) < 4.78 is 12.0. The summed E-state index contributed by atoms with van der Waals surface area (Å²) in [5.74, 6) is 0.374. The molecule has 8 heteroatoms. The van der Waals surface area contributed by atoms with E-state index in [4.69, 9.17) is 9.47 Å². The van der Waals surface area contributed by atoms with E-state index in [0.717, 1.165) is 0 Å². The third-order valence-corrected chi connectivity index (χ3v) is 5.45. The standard InChI is InChI=1S/C21H23N3O4S/c1-14(19(25)22-17-10-6-7-11-18(17)28-3)29-21-23-16-9-5-4-8-15(16)20(26)24(21)12-13-27-2/h4-11,14H,12-13H2,1-3H3,(H,22,25)/t14-/m1/s1. The largest absolute Gasteiger partial charge is 0.495 e. The summed E-state index contributed by atoms with van der Waals surface area (Å²) in [6.07, 6.45) is 0. The molecule has 1 aromatic heterocycles. The second-order valence-corrected chi connectivity index (χ2v) is 7.62. The Balaban J connectivity index is 1.87. The van der Waals surface area contributed by atoms with Crippen molar-refractivity contribution in [3.63, 3.8) is 0 Å². The van der Waals surface area contributed by atoms with E-state index >= 15 is 0 Å². The fourth-order valence-corrected chi connectivity index (χ4v) is 3.75. The van der Waals surface area contributed by atoms with Crippen LogP contribution in [0.25, 0.3) is 10.9 Å². The summed E-state index contributed by atoms with van der Waals surface area (Å²) in [4.78, 5) is 30.3. The highest BCUT2D eigenvalue weighted by Crippen LogP contribution is 2.27. The molecule has 29 heavy (non-hydrogen) atoms. The van der Waals surface area contributed by atoms with Crippen molar-refractivity contribution in [2.45, 2.75) is 23.9 Å². The van der Waals surface area contributed by atoms with Gasteiger partial charge in [-0.05, 0) is 31.2 Å². The molecule has 0 saturated heterocycles. The van der Waals surface area contributed by atoms with E-state index in [2.05, 4.69) is 10.3 Å². The fourth-order valence-electron chi connectivity index (χ4n) is 2.81. The highest BCUT2D eigenvalue weighted by atomic mass is 32.2. The van der Waals surface area contributed by atoms with E-state index in [1.165, 1.54) is 11.8 Å². The van der Waals surface area contributed by atoms with Crippen molar-refractivity contribution in [3.05, 3.63) is 58.9 Å². The Bertz CT molecular complexity index is 1070. The van der Waals surface area contributed by atoms with Crippen LogP contribution in [0.4, 0.5) is 5.69 Å². The summed E-state index contributed by atoms with van der Waals surface area (Å²) in [7, 11) is 3.13. The minimum Gasteiger partial charge on any atom is -0.495 e. The Hall–Kier alpha value is -2.84. The quantitative estimate of drug-likeness (QED) is 0.451. The van der Waals surface area contributed by atoms with Gasteiger partial charge in [0.15, 0.2) is 5.16 Å². The van der Waals surface area contributed by atoms with Crippen molar-refractivity contribution in [2.24, 2.45) is 0 Å². The number of benzene rings is 2. The molecule has 0 fully saturated rings. The number of methoxy groups -OCH3 is 2. The van der Waals surface area contributed by atoms with Crippen LogP contribution in [-0.4, -0.2) is 41.5 Å². The van der Waals surface area contributed by atoms with E-state index in [9.17, 15) is 9.59 Å². The molecule has 0 saturated carbocycles. The molecule has 152 valence electrons. The Labute approximate surface area is 173 Å². The van der Waals surface area contributed by atoms with Gasteiger partial charge < -0.3 is 14.8 Å². The Morgan fingerprint density at radius 3 is 2.66 bits per heavy atom. The number of thioether (sulfide) groups is 1. The molecule has 0 aliphatic carbocycles. The highest BCUT2D eigenvalue weighted by molar-refractivity contribution is 8.00. The van der Waals surface area contributed by atoms with Crippen LogP contribution in [0.5, 0.6) is 5.75 Å². The van der Waals surface area contributed by atoms with Crippen LogP contribution >= 0.6 is 11.8 Å². The maximum atomic E-state index is 12.9. The van der Waals surface area contributed by atoms with Gasteiger partial charge in [0.25, 0.3) is 5.56 Å². The zero-order valence-electron chi connectivity index (χ0n) is 16.5. The van der Waals surface area contributed by atoms with Gasteiger partial charge in [0.1, 0.15) is 5.75 Å². The summed E-state index contributed by atoms with van der Waals surface area (Å²) in [6.45, 7) is 2.50. The second kappa shape index (κ2) is 9.58. The number of hydrogen-bond donors (Lipinski definition) is 1. The molecule has 1 N–H and O–H groups in total. The normalized spacial score (nSPS) is 12.0. The molecular weight excluding hydrogens is 390 g/mol. The van der Waals surface area contributed by atoms with Crippen LogP contribution in [-0.2, 0) is 16.1 Å². The number of rotatable bonds is 8. The maximum absolute atomic E-state index is 12.9. The zero-order valence-corrected chi connectivity index (χ0v) is 17.4. The molecule has 0 radical (unpaired) electrons. The van der Waals surface area contributed by atoms with Crippen LogP contribution < -0.4 is 15.6 Å². The molecule has 7 nitrogen and oxygen atoms in total. The lowest BCUT2D eigenvalue weighted by atomic mass is 10.2. The first kappa shape index (κ1) is 20.9. The van der Waals surface area contributed by atoms with Gasteiger partial charge in [0, 0.05) is 7.11 Å². The van der Waals surface area contributed by atoms with Gasteiger partial charge in [-0.1, -0.05) is 36.0 Å². The van der Waals surface area contributed by atoms with Crippen molar-refractivity contribution in [2.75, 3.05) is 26.1 Å². The number of hydrogen-bond acceptors (Lipinski definition) is 6. The summed E-state index contributed by atoms with van der Waals surface area (Å²) in [5, 5.41) is 3.41. The Kier molecular flexibility index (Phi) is 6.90. The molecule has 3 aromatic rings. The van der Waals surface area contributed by atoms with E-state index in [1.54, 1.807) is 50.0 Å². The molecule has 1 amide bonds. The van der Waals surface area contributed by atoms with Crippen molar-refractivity contribution in [1.82, 2.24) is 9.55 Å². The van der Waals surface area contributed by atoms with E-state index < -0.39 is 5.25 Å². The summed E-state index contributed by atoms with van der Waals surface area (Å²) in [5.41, 5.74) is 1.05. The number of aromatic nitrogens is 2. The number of nitrogens with one attached hydrogen (secondary N) is 1. The second-order valence-electron chi connectivity index (χ2n) is 6.31. The molecule has 0 bridgehead atoms. The smallest absolute Gasteiger partial charge is 0.262 e. The highest BCUT2D eigenvalue weighted by Gasteiger charge is 2.20. The first-order valence-electron chi connectivity index (χ1n) is 9.14. The molecule has 1 heterocycles. The minimum atomic E-state index is -0.484. The van der Waals surface area contributed by atoms with Crippen LogP contribution in [0, 0.1) is 0 Å². The topological polar surface area (TPSA) is 82.4 Å². The van der Waals surface area contributed by atoms with Crippen LogP contribution in [0.3, 0.4) is 0 Å². The van der Waals surface area contributed by atoms with E-state index in [1.807, 2.05) is 24.3 Å². The molecule has 1 atom stereocenters. The van der Waals surface area contributed by atoms with Gasteiger partial charge in [-0.2, -0.15) is 0 Å². The van der Waals surface area contributed by atoms with Crippen molar-refractivity contribution in [3.8, 4) is 5.75 Å². The number of fused-ring (bicyclic) bond motifs is 1. The average Bonchev–Trinajstić information content (AvgIpc) is 2.74. The predicted octanol–water partition coefficient (Wildman–Crippen LogP) is 3.17. The van der Waals surface area contributed by atoms with Crippen LogP contribution in [0.1, 0.15) is 6.92 Å². The van der Waals surface area contributed by atoms with Gasteiger partial charge in [-0.25, -0.2) is 4.98 Å². The first-order valence-corrected chi connectivity index (χ1v) is 10.0. The number of anilines is 1. The number of carbonyl (C=O) groups is 1. The number of amides is 1. The van der Waals surface area contributed by atoms with Gasteiger partial charge >= 0.3 is 0 Å². The SMILES string of the molecule is COCCn1c(S[C@H](C)C(=O)Nc2ccccc2OC)nc2ccccc2c1=O. The Morgan fingerprint density at radius 1 is 1.17 bits per heavy atom. The first-order chi connectivity index (χ1) is 14.0.